The Labute approximate surface area is 163 Å². The average molecular weight is 384 g/mol. The van der Waals surface area contributed by atoms with Crippen molar-refractivity contribution in [3.05, 3.63) is 58.6 Å². The van der Waals surface area contributed by atoms with Crippen molar-refractivity contribution in [2.75, 3.05) is 43.5 Å². The van der Waals surface area contributed by atoms with Crippen molar-refractivity contribution in [3.63, 3.8) is 0 Å². The minimum Gasteiger partial charge on any atom is -0.495 e. The van der Waals surface area contributed by atoms with E-state index in [1.165, 1.54) is 6.07 Å². The molecule has 1 aliphatic rings. The summed E-state index contributed by atoms with van der Waals surface area (Å²) >= 11 is 0. The number of hydrogen-bond acceptors (Lipinski definition) is 6. The third kappa shape index (κ3) is 4.23. The van der Waals surface area contributed by atoms with Crippen molar-refractivity contribution in [2.45, 2.75) is 13.0 Å². The maximum atomic E-state index is 12.6. The van der Waals surface area contributed by atoms with Gasteiger partial charge in [0.25, 0.3) is 5.69 Å². The van der Waals surface area contributed by atoms with E-state index in [9.17, 15) is 14.9 Å². The van der Waals surface area contributed by atoms with Crippen LogP contribution < -0.4 is 15.0 Å². The normalized spacial score (nSPS) is 15.7. The highest BCUT2D eigenvalue weighted by atomic mass is 16.6. The molecule has 0 spiro atoms. The summed E-state index contributed by atoms with van der Waals surface area (Å²) in [7, 11) is 1.66. The SMILES string of the molecule is COc1ccccc1N1CCN([C@@H](C)C(=O)Nc2ccccc2[N+](=O)[O-])CC1. The molecule has 2 aromatic carbocycles. The van der Waals surface area contributed by atoms with Crippen LogP contribution in [0.2, 0.25) is 0 Å². The first-order chi connectivity index (χ1) is 13.5. The summed E-state index contributed by atoms with van der Waals surface area (Å²) in [6.07, 6.45) is 0. The van der Waals surface area contributed by atoms with Crippen molar-refractivity contribution in [1.29, 1.82) is 0 Å². The molecule has 0 aliphatic carbocycles. The number of nitrogens with one attached hydrogen (secondary N) is 1. The number of amides is 1. The molecule has 148 valence electrons. The lowest BCUT2D eigenvalue weighted by atomic mass is 10.1. The molecule has 0 aromatic heterocycles. The smallest absolute Gasteiger partial charge is 0.292 e. The van der Waals surface area contributed by atoms with Crippen molar-refractivity contribution < 1.29 is 14.5 Å². The fraction of sp³-hybridized carbons (Fsp3) is 0.350. The molecule has 0 bridgehead atoms. The maximum Gasteiger partial charge on any atom is 0.292 e. The van der Waals surface area contributed by atoms with Gasteiger partial charge in [-0.05, 0) is 25.1 Å². The van der Waals surface area contributed by atoms with Crippen LogP contribution in [0.25, 0.3) is 0 Å². The van der Waals surface area contributed by atoms with Crippen molar-refractivity contribution in [1.82, 2.24) is 4.90 Å². The Hall–Kier alpha value is -3.13. The van der Waals surface area contributed by atoms with Crippen molar-refractivity contribution in [3.8, 4) is 5.75 Å². The van der Waals surface area contributed by atoms with Crippen LogP contribution in [0, 0.1) is 10.1 Å². The van der Waals surface area contributed by atoms with Crippen LogP contribution in [0.15, 0.2) is 48.5 Å². The van der Waals surface area contributed by atoms with E-state index in [0.29, 0.717) is 13.1 Å². The Morgan fingerprint density at radius 2 is 1.75 bits per heavy atom. The van der Waals surface area contributed by atoms with Crippen LogP contribution in [-0.4, -0.2) is 55.1 Å². The summed E-state index contributed by atoms with van der Waals surface area (Å²) in [6.45, 7) is 4.78. The molecule has 1 heterocycles. The monoisotopic (exact) mass is 384 g/mol. The number of carbonyl (C=O) groups excluding carboxylic acids is 1. The average Bonchev–Trinajstić information content (AvgIpc) is 2.73. The molecule has 0 unspecified atom stereocenters. The second kappa shape index (κ2) is 8.71. The molecule has 0 saturated carbocycles. The van der Waals surface area contributed by atoms with Crippen LogP contribution in [0.1, 0.15) is 6.92 Å². The van der Waals surface area contributed by atoms with E-state index in [1.54, 1.807) is 25.3 Å². The van der Waals surface area contributed by atoms with Gasteiger partial charge in [-0.25, -0.2) is 0 Å². The van der Waals surface area contributed by atoms with Gasteiger partial charge < -0.3 is 15.0 Å². The zero-order valence-corrected chi connectivity index (χ0v) is 16.0. The number of hydrogen-bond donors (Lipinski definition) is 1. The van der Waals surface area contributed by atoms with Gasteiger partial charge >= 0.3 is 0 Å². The molecule has 1 aliphatic heterocycles. The number of benzene rings is 2. The van der Waals surface area contributed by atoms with Crippen LogP contribution in [-0.2, 0) is 4.79 Å². The number of carbonyl (C=O) groups is 1. The number of nitro benzene ring substituents is 1. The molecular formula is C20H24N4O4. The molecule has 1 saturated heterocycles. The van der Waals surface area contributed by atoms with Gasteiger partial charge in [0, 0.05) is 32.2 Å². The highest BCUT2D eigenvalue weighted by Gasteiger charge is 2.27. The largest absolute Gasteiger partial charge is 0.495 e. The molecule has 8 nitrogen and oxygen atoms in total. The summed E-state index contributed by atoms with van der Waals surface area (Å²) in [5.74, 6) is 0.582. The molecular weight excluding hydrogens is 360 g/mol. The molecule has 1 N–H and O–H groups in total. The first-order valence-electron chi connectivity index (χ1n) is 9.17. The van der Waals surface area contributed by atoms with E-state index in [4.69, 9.17) is 4.74 Å². The zero-order valence-electron chi connectivity index (χ0n) is 16.0. The number of rotatable bonds is 6. The summed E-state index contributed by atoms with van der Waals surface area (Å²) in [5, 5.41) is 13.8. The second-order valence-corrected chi connectivity index (χ2v) is 6.63. The fourth-order valence-corrected chi connectivity index (χ4v) is 3.38. The number of anilines is 2. The second-order valence-electron chi connectivity index (χ2n) is 6.63. The Bertz CT molecular complexity index is 850. The molecule has 28 heavy (non-hydrogen) atoms. The molecule has 3 rings (SSSR count). The predicted octanol–water partition coefficient (Wildman–Crippen LogP) is 2.75. The number of nitro groups is 1. The summed E-state index contributed by atoms with van der Waals surface area (Å²) in [6, 6.07) is 13.7. The van der Waals surface area contributed by atoms with Gasteiger partial charge in [-0.2, -0.15) is 0 Å². The summed E-state index contributed by atoms with van der Waals surface area (Å²) in [4.78, 5) is 27.6. The third-order valence-corrected chi connectivity index (χ3v) is 5.03. The molecule has 0 radical (unpaired) electrons. The topological polar surface area (TPSA) is 88.0 Å². The van der Waals surface area contributed by atoms with Gasteiger partial charge in [-0.15, -0.1) is 0 Å². The van der Waals surface area contributed by atoms with Gasteiger partial charge in [0.1, 0.15) is 11.4 Å². The minimum absolute atomic E-state index is 0.107. The first-order valence-corrected chi connectivity index (χ1v) is 9.17. The van der Waals surface area contributed by atoms with E-state index in [0.717, 1.165) is 24.5 Å². The molecule has 1 fully saturated rings. The number of ether oxygens (including phenoxy) is 1. The van der Waals surface area contributed by atoms with E-state index < -0.39 is 4.92 Å². The number of methoxy groups -OCH3 is 1. The number of nitrogens with zero attached hydrogens (tertiary/aromatic N) is 3. The first kappa shape index (κ1) is 19.6. The van der Waals surface area contributed by atoms with Crippen LogP contribution >= 0.6 is 0 Å². The Balaban J connectivity index is 1.61. The lowest BCUT2D eigenvalue weighted by Crippen LogP contribution is -2.52. The van der Waals surface area contributed by atoms with Gasteiger partial charge in [0.2, 0.25) is 5.91 Å². The molecule has 8 heteroatoms. The third-order valence-electron chi connectivity index (χ3n) is 5.03. The molecule has 1 atom stereocenters. The van der Waals surface area contributed by atoms with E-state index >= 15 is 0 Å². The molecule has 2 aromatic rings. The van der Waals surface area contributed by atoms with Crippen LogP contribution in [0.5, 0.6) is 5.75 Å². The molecule has 1 amide bonds. The van der Waals surface area contributed by atoms with Crippen molar-refractivity contribution in [2.24, 2.45) is 0 Å². The van der Waals surface area contributed by atoms with Crippen molar-refractivity contribution >= 4 is 23.0 Å². The zero-order chi connectivity index (χ0) is 20.1. The lowest BCUT2D eigenvalue weighted by molar-refractivity contribution is -0.383. The summed E-state index contributed by atoms with van der Waals surface area (Å²) < 4.78 is 5.43. The van der Waals surface area contributed by atoms with Gasteiger partial charge in [0.05, 0.1) is 23.8 Å². The highest BCUT2D eigenvalue weighted by molar-refractivity contribution is 5.96. The predicted molar refractivity (Wildman–Crippen MR) is 108 cm³/mol. The minimum atomic E-state index is -0.494. The van der Waals surface area contributed by atoms with E-state index in [2.05, 4.69) is 15.1 Å². The maximum absolute atomic E-state index is 12.6. The van der Waals surface area contributed by atoms with Gasteiger partial charge in [-0.1, -0.05) is 24.3 Å². The lowest BCUT2D eigenvalue weighted by Gasteiger charge is -2.38. The quantitative estimate of drug-likeness (QED) is 0.609. The Morgan fingerprint density at radius 3 is 2.43 bits per heavy atom. The van der Waals surface area contributed by atoms with Gasteiger partial charge in [0.15, 0.2) is 0 Å². The van der Waals surface area contributed by atoms with E-state index in [-0.39, 0.29) is 23.3 Å². The van der Waals surface area contributed by atoms with Crippen LogP contribution in [0.3, 0.4) is 0 Å². The van der Waals surface area contributed by atoms with Gasteiger partial charge in [-0.3, -0.25) is 19.8 Å². The van der Waals surface area contributed by atoms with Crippen LogP contribution in [0.4, 0.5) is 17.1 Å². The fourth-order valence-electron chi connectivity index (χ4n) is 3.38. The highest BCUT2D eigenvalue weighted by Crippen LogP contribution is 2.29. The Morgan fingerprint density at radius 1 is 1.11 bits per heavy atom. The van der Waals surface area contributed by atoms with E-state index in [1.807, 2.05) is 31.2 Å². The number of para-hydroxylation sites is 4. The summed E-state index contributed by atoms with van der Waals surface area (Å²) in [5.41, 5.74) is 1.16. The number of piperazine rings is 1. The standard InChI is InChI=1S/C20H24N4O4/c1-15(20(25)21-16-7-3-4-8-17(16)24(26)27)22-11-13-23(14-12-22)18-9-5-6-10-19(18)28-2/h3-10,15H,11-14H2,1-2H3,(H,21,25)/t15-/m0/s1. The Kier molecular flexibility index (Phi) is 6.10.